The molecule has 0 spiro atoms. The van der Waals surface area contributed by atoms with Crippen molar-refractivity contribution in [2.24, 2.45) is 0 Å². The van der Waals surface area contributed by atoms with E-state index in [2.05, 4.69) is 32.2 Å². The zero-order valence-electron chi connectivity index (χ0n) is 16.2. The molecular weight excluding hydrogens is 404 g/mol. The highest BCUT2D eigenvalue weighted by Crippen LogP contribution is 2.25. The van der Waals surface area contributed by atoms with Crippen molar-refractivity contribution >= 4 is 39.7 Å². The number of aromatic nitrogens is 1. The maximum Gasteiger partial charge on any atom is 0.271 e. The first-order valence-electron chi connectivity index (χ1n) is 9.67. The summed E-state index contributed by atoms with van der Waals surface area (Å²) in [4.78, 5) is 21.8. The molecule has 1 aliphatic heterocycles. The molecule has 29 heavy (non-hydrogen) atoms. The second-order valence-corrected chi connectivity index (χ2v) is 8.34. The van der Waals surface area contributed by atoms with Gasteiger partial charge in [0.15, 0.2) is 5.13 Å². The first-order chi connectivity index (χ1) is 14.1. The van der Waals surface area contributed by atoms with Crippen LogP contribution in [0.25, 0.3) is 0 Å². The minimum atomic E-state index is -0.136. The molecular formula is C22H23ClN4OS. The molecule has 1 atom stereocenters. The largest absolute Gasteiger partial charge is 0.368 e. The van der Waals surface area contributed by atoms with Crippen LogP contribution in [-0.2, 0) is 0 Å². The molecule has 1 amide bonds. The van der Waals surface area contributed by atoms with Gasteiger partial charge in [-0.1, -0.05) is 41.9 Å². The van der Waals surface area contributed by atoms with E-state index in [0.717, 1.165) is 41.9 Å². The van der Waals surface area contributed by atoms with Gasteiger partial charge in [-0.2, -0.15) is 0 Å². The van der Waals surface area contributed by atoms with Crippen molar-refractivity contribution in [1.29, 1.82) is 0 Å². The number of hydrogen-bond acceptors (Lipinski definition) is 5. The van der Waals surface area contributed by atoms with Crippen LogP contribution in [0.2, 0.25) is 5.02 Å². The molecule has 1 aliphatic rings. The number of nitrogens with zero attached hydrogens (tertiary/aromatic N) is 3. The summed E-state index contributed by atoms with van der Waals surface area (Å²) in [6, 6.07) is 17.8. The van der Waals surface area contributed by atoms with Gasteiger partial charge in [-0.15, -0.1) is 11.3 Å². The number of rotatable bonds is 5. The lowest BCUT2D eigenvalue weighted by molar-refractivity contribution is 0.0935. The van der Waals surface area contributed by atoms with Crippen LogP contribution >= 0.6 is 22.9 Å². The minimum absolute atomic E-state index is 0.0585. The SMILES string of the molecule is C[C@@H](NC(=O)c1csc(N2CCN(c3ccc(Cl)cc3)CC2)n1)c1ccccc1. The van der Waals surface area contributed by atoms with Crippen molar-refractivity contribution in [2.45, 2.75) is 13.0 Å². The molecule has 4 rings (SSSR count). The number of halogens is 1. The van der Waals surface area contributed by atoms with Crippen molar-refractivity contribution in [1.82, 2.24) is 10.3 Å². The summed E-state index contributed by atoms with van der Waals surface area (Å²) in [5, 5.41) is 6.52. The molecule has 5 nitrogen and oxygen atoms in total. The monoisotopic (exact) mass is 426 g/mol. The van der Waals surface area contributed by atoms with E-state index >= 15 is 0 Å². The summed E-state index contributed by atoms with van der Waals surface area (Å²) in [5.74, 6) is -0.136. The van der Waals surface area contributed by atoms with E-state index in [1.807, 2.05) is 54.8 Å². The van der Waals surface area contributed by atoms with Gasteiger partial charge in [0.2, 0.25) is 0 Å². The van der Waals surface area contributed by atoms with Gasteiger partial charge in [0, 0.05) is 42.3 Å². The van der Waals surface area contributed by atoms with Crippen LogP contribution < -0.4 is 15.1 Å². The summed E-state index contributed by atoms with van der Waals surface area (Å²) in [5.41, 5.74) is 2.74. The first-order valence-corrected chi connectivity index (χ1v) is 10.9. The van der Waals surface area contributed by atoms with Crippen LogP contribution in [0.15, 0.2) is 60.0 Å². The number of piperazine rings is 1. The third-order valence-electron chi connectivity index (χ3n) is 5.11. The predicted octanol–water partition coefficient (Wildman–Crippen LogP) is 4.61. The maximum absolute atomic E-state index is 12.6. The number of carbonyl (C=O) groups is 1. The molecule has 1 saturated heterocycles. The smallest absolute Gasteiger partial charge is 0.271 e. The van der Waals surface area contributed by atoms with Gasteiger partial charge in [0.25, 0.3) is 5.91 Å². The van der Waals surface area contributed by atoms with Crippen molar-refractivity contribution in [3.63, 3.8) is 0 Å². The van der Waals surface area contributed by atoms with Crippen molar-refractivity contribution in [3.05, 3.63) is 76.3 Å². The Hall–Kier alpha value is -2.57. The molecule has 1 fully saturated rings. The first kappa shape index (κ1) is 19.7. The fourth-order valence-corrected chi connectivity index (χ4v) is 4.40. The average Bonchev–Trinajstić information content (AvgIpc) is 3.25. The maximum atomic E-state index is 12.6. The molecule has 150 valence electrons. The van der Waals surface area contributed by atoms with E-state index in [9.17, 15) is 4.79 Å². The molecule has 2 heterocycles. The van der Waals surface area contributed by atoms with E-state index in [4.69, 9.17) is 11.6 Å². The average molecular weight is 427 g/mol. The number of benzene rings is 2. The predicted molar refractivity (Wildman–Crippen MR) is 120 cm³/mol. The normalized spacial score (nSPS) is 15.2. The Kier molecular flexibility index (Phi) is 6.02. The standard InChI is InChI=1S/C22H23ClN4OS/c1-16(17-5-3-2-4-6-17)24-21(28)20-15-29-22(25-20)27-13-11-26(12-14-27)19-9-7-18(23)8-10-19/h2-10,15-16H,11-14H2,1H3,(H,24,28)/t16-/m1/s1. The number of nitrogens with one attached hydrogen (secondary N) is 1. The Morgan fingerprint density at radius 3 is 2.38 bits per heavy atom. The number of hydrogen-bond donors (Lipinski definition) is 1. The lowest BCUT2D eigenvalue weighted by atomic mass is 10.1. The van der Waals surface area contributed by atoms with E-state index in [-0.39, 0.29) is 11.9 Å². The van der Waals surface area contributed by atoms with Gasteiger partial charge < -0.3 is 15.1 Å². The molecule has 7 heteroatoms. The molecule has 0 bridgehead atoms. The van der Waals surface area contributed by atoms with Gasteiger partial charge in [-0.3, -0.25) is 4.79 Å². The Balaban J connectivity index is 1.34. The lowest BCUT2D eigenvalue weighted by Crippen LogP contribution is -2.46. The van der Waals surface area contributed by atoms with Gasteiger partial charge in [0.1, 0.15) is 5.69 Å². The van der Waals surface area contributed by atoms with Gasteiger partial charge in [-0.05, 0) is 36.8 Å². The molecule has 0 aliphatic carbocycles. The quantitative estimate of drug-likeness (QED) is 0.647. The highest BCUT2D eigenvalue weighted by molar-refractivity contribution is 7.13. The van der Waals surface area contributed by atoms with Crippen LogP contribution in [0.3, 0.4) is 0 Å². The summed E-state index contributed by atoms with van der Waals surface area (Å²) < 4.78 is 0. The zero-order chi connectivity index (χ0) is 20.2. The molecule has 2 aromatic carbocycles. The molecule has 3 aromatic rings. The van der Waals surface area contributed by atoms with Crippen molar-refractivity contribution in [2.75, 3.05) is 36.0 Å². The third kappa shape index (κ3) is 4.71. The van der Waals surface area contributed by atoms with E-state index < -0.39 is 0 Å². The van der Waals surface area contributed by atoms with Gasteiger partial charge in [0.05, 0.1) is 6.04 Å². The fraction of sp³-hybridized carbons (Fsp3) is 0.273. The highest BCUT2D eigenvalue weighted by Gasteiger charge is 2.21. The van der Waals surface area contributed by atoms with Crippen LogP contribution in [0, 0.1) is 0 Å². The number of carbonyl (C=O) groups excluding carboxylic acids is 1. The summed E-state index contributed by atoms with van der Waals surface area (Å²) in [6.45, 7) is 5.55. The van der Waals surface area contributed by atoms with Gasteiger partial charge in [-0.25, -0.2) is 4.98 Å². The Bertz CT molecular complexity index is 952. The molecule has 0 saturated carbocycles. The Morgan fingerprint density at radius 2 is 1.69 bits per heavy atom. The van der Waals surface area contributed by atoms with Crippen LogP contribution in [0.5, 0.6) is 0 Å². The number of amides is 1. The molecule has 1 N–H and O–H groups in total. The summed E-state index contributed by atoms with van der Waals surface area (Å²) in [6.07, 6.45) is 0. The zero-order valence-corrected chi connectivity index (χ0v) is 17.8. The summed E-state index contributed by atoms with van der Waals surface area (Å²) in [7, 11) is 0. The van der Waals surface area contributed by atoms with E-state index in [1.165, 1.54) is 17.0 Å². The van der Waals surface area contributed by atoms with Crippen molar-refractivity contribution in [3.8, 4) is 0 Å². The topological polar surface area (TPSA) is 48.5 Å². The van der Waals surface area contributed by atoms with Crippen LogP contribution in [0.1, 0.15) is 29.0 Å². The lowest BCUT2D eigenvalue weighted by Gasteiger charge is -2.36. The van der Waals surface area contributed by atoms with Crippen LogP contribution in [-0.4, -0.2) is 37.1 Å². The number of anilines is 2. The number of thiazole rings is 1. The van der Waals surface area contributed by atoms with Gasteiger partial charge >= 0.3 is 0 Å². The Morgan fingerprint density at radius 1 is 1.03 bits per heavy atom. The van der Waals surface area contributed by atoms with Crippen molar-refractivity contribution < 1.29 is 4.79 Å². The second-order valence-electron chi connectivity index (χ2n) is 7.07. The van der Waals surface area contributed by atoms with E-state index in [0.29, 0.717) is 5.69 Å². The molecule has 0 radical (unpaired) electrons. The Labute approximate surface area is 179 Å². The third-order valence-corrected chi connectivity index (χ3v) is 6.27. The molecule has 1 aromatic heterocycles. The molecule has 0 unspecified atom stereocenters. The van der Waals surface area contributed by atoms with Crippen LogP contribution in [0.4, 0.5) is 10.8 Å². The minimum Gasteiger partial charge on any atom is -0.368 e. The van der Waals surface area contributed by atoms with E-state index in [1.54, 1.807) is 0 Å². The second kappa shape index (κ2) is 8.84. The highest BCUT2D eigenvalue weighted by atomic mass is 35.5. The fourth-order valence-electron chi connectivity index (χ4n) is 3.42. The summed E-state index contributed by atoms with van der Waals surface area (Å²) >= 11 is 7.51.